The Morgan fingerprint density at radius 3 is 2.85 bits per heavy atom. The van der Waals surface area contributed by atoms with Crippen molar-refractivity contribution in [2.75, 3.05) is 0 Å². The van der Waals surface area contributed by atoms with E-state index in [1.165, 1.54) is 0 Å². The van der Waals surface area contributed by atoms with Crippen LogP contribution in [0.25, 0.3) is 0 Å². The summed E-state index contributed by atoms with van der Waals surface area (Å²) in [5.41, 5.74) is 0.867. The van der Waals surface area contributed by atoms with Gasteiger partial charge in [0.1, 0.15) is 0 Å². The molecule has 0 radical (unpaired) electrons. The van der Waals surface area contributed by atoms with Crippen LogP contribution in [-0.2, 0) is 0 Å². The monoisotopic (exact) mass is 177 g/mol. The van der Waals surface area contributed by atoms with Gasteiger partial charge in [-0.15, -0.1) is 0 Å². The summed E-state index contributed by atoms with van der Waals surface area (Å²) in [5, 5.41) is 6.06. The number of hydrogen-bond acceptors (Lipinski definition) is 2. The Morgan fingerprint density at radius 2 is 2.31 bits per heavy atom. The third kappa shape index (κ3) is 2.05. The second-order valence-electron chi connectivity index (χ2n) is 3.14. The van der Waals surface area contributed by atoms with Gasteiger partial charge in [-0.05, 0) is 20.8 Å². The van der Waals surface area contributed by atoms with Gasteiger partial charge in [0.15, 0.2) is 5.84 Å². The molecule has 1 rings (SSSR count). The molecule has 0 bridgehead atoms. The fourth-order valence-electron chi connectivity index (χ4n) is 1.06. The fourth-order valence-corrected chi connectivity index (χ4v) is 1.06. The summed E-state index contributed by atoms with van der Waals surface area (Å²) in [6.07, 6.45) is 5.38. The highest BCUT2D eigenvalue weighted by molar-refractivity contribution is 6.17. The van der Waals surface area contributed by atoms with Crippen LogP contribution in [0.2, 0.25) is 0 Å². The number of aliphatic imine (C=N–C) groups is 1. The zero-order valence-corrected chi connectivity index (χ0v) is 8.36. The largest absolute Gasteiger partial charge is 0.245 e. The summed E-state index contributed by atoms with van der Waals surface area (Å²) >= 11 is 0. The summed E-state index contributed by atoms with van der Waals surface area (Å²) in [7, 11) is 0. The topological polar surface area (TPSA) is 28.0 Å². The molecule has 0 unspecified atom stereocenters. The average molecular weight is 177 g/mol. The van der Waals surface area contributed by atoms with Crippen LogP contribution in [0.3, 0.4) is 0 Å². The number of allylic oxidation sites excluding steroid dienone is 1. The van der Waals surface area contributed by atoms with Gasteiger partial charge in [0.25, 0.3) is 0 Å². The summed E-state index contributed by atoms with van der Waals surface area (Å²) in [6.45, 7) is 9.94. The highest BCUT2D eigenvalue weighted by Crippen LogP contribution is 2.12. The van der Waals surface area contributed by atoms with Gasteiger partial charge in [-0.1, -0.05) is 12.7 Å². The Balaban J connectivity index is 2.88. The Morgan fingerprint density at radius 1 is 1.62 bits per heavy atom. The lowest BCUT2D eigenvalue weighted by Crippen LogP contribution is -2.28. The molecule has 0 N–H and O–H groups in total. The van der Waals surface area contributed by atoms with E-state index in [2.05, 4.69) is 30.5 Å². The lowest BCUT2D eigenvalue weighted by molar-refractivity contribution is 0.378. The first-order valence-electron chi connectivity index (χ1n) is 4.38. The van der Waals surface area contributed by atoms with E-state index in [-0.39, 0.29) is 0 Å². The SMILES string of the molecule is C=C1C=NN(C(C)C)C1=N/C=C\C. The van der Waals surface area contributed by atoms with Gasteiger partial charge in [0, 0.05) is 17.8 Å². The highest BCUT2D eigenvalue weighted by Gasteiger charge is 2.20. The van der Waals surface area contributed by atoms with Crippen LogP contribution in [0.5, 0.6) is 0 Å². The molecule has 0 aromatic carbocycles. The third-order valence-corrected chi connectivity index (χ3v) is 1.68. The second-order valence-corrected chi connectivity index (χ2v) is 3.14. The zero-order chi connectivity index (χ0) is 9.84. The molecule has 0 spiro atoms. The van der Waals surface area contributed by atoms with Gasteiger partial charge in [-0.3, -0.25) is 0 Å². The van der Waals surface area contributed by atoms with Crippen LogP contribution in [0.1, 0.15) is 20.8 Å². The van der Waals surface area contributed by atoms with Crippen molar-refractivity contribution in [2.45, 2.75) is 26.8 Å². The lowest BCUT2D eigenvalue weighted by Gasteiger charge is -2.18. The van der Waals surface area contributed by atoms with Crippen molar-refractivity contribution >= 4 is 12.1 Å². The molecular formula is C10H15N3. The summed E-state index contributed by atoms with van der Waals surface area (Å²) < 4.78 is 0. The Bertz CT molecular complexity index is 285. The normalized spacial score (nSPS) is 20.2. The first-order chi connectivity index (χ1) is 6.16. The minimum absolute atomic E-state index is 0.319. The van der Waals surface area contributed by atoms with E-state index < -0.39 is 0 Å². The van der Waals surface area contributed by atoms with E-state index in [4.69, 9.17) is 0 Å². The molecule has 3 nitrogen and oxygen atoms in total. The van der Waals surface area contributed by atoms with Crippen LogP contribution in [0.4, 0.5) is 0 Å². The lowest BCUT2D eigenvalue weighted by atomic mass is 10.3. The number of hydrogen-bond donors (Lipinski definition) is 0. The van der Waals surface area contributed by atoms with Crippen LogP contribution < -0.4 is 0 Å². The van der Waals surface area contributed by atoms with Crippen LogP contribution in [-0.4, -0.2) is 23.1 Å². The molecule has 1 aliphatic heterocycles. The maximum atomic E-state index is 4.26. The maximum absolute atomic E-state index is 4.26. The first-order valence-corrected chi connectivity index (χ1v) is 4.38. The van der Waals surface area contributed by atoms with Gasteiger partial charge >= 0.3 is 0 Å². The summed E-state index contributed by atoms with van der Waals surface area (Å²) in [5.74, 6) is 0.841. The molecule has 0 aromatic rings. The van der Waals surface area contributed by atoms with Gasteiger partial charge in [-0.2, -0.15) is 5.10 Å². The molecule has 0 fully saturated rings. The van der Waals surface area contributed by atoms with Crippen molar-refractivity contribution in [2.24, 2.45) is 10.1 Å². The minimum Gasteiger partial charge on any atom is -0.245 e. The zero-order valence-electron chi connectivity index (χ0n) is 8.36. The number of nitrogens with zero attached hydrogens (tertiary/aromatic N) is 3. The van der Waals surface area contributed by atoms with E-state index >= 15 is 0 Å². The van der Waals surface area contributed by atoms with Crippen LogP contribution in [0, 0.1) is 0 Å². The van der Waals surface area contributed by atoms with E-state index in [0.717, 1.165) is 11.4 Å². The standard InChI is InChI=1S/C10H15N3/c1-5-6-11-10-9(4)7-12-13(10)8(2)3/h5-8H,4H2,1-3H3/b6-5-,11-10?. The van der Waals surface area contributed by atoms with Gasteiger partial charge in [0.2, 0.25) is 0 Å². The van der Waals surface area contributed by atoms with Crippen molar-refractivity contribution in [1.82, 2.24) is 5.01 Å². The molecule has 1 aliphatic rings. The summed E-state index contributed by atoms with van der Waals surface area (Å²) in [6, 6.07) is 0.319. The number of rotatable bonds is 2. The molecule has 0 amide bonds. The van der Waals surface area contributed by atoms with Gasteiger partial charge < -0.3 is 0 Å². The van der Waals surface area contributed by atoms with Crippen molar-refractivity contribution in [1.29, 1.82) is 0 Å². The quantitative estimate of drug-likeness (QED) is 0.635. The predicted molar refractivity (Wildman–Crippen MR) is 56.9 cm³/mol. The van der Waals surface area contributed by atoms with Crippen molar-refractivity contribution in [3.05, 3.63) is 24.4 Å². The van der Waals surface area contributed by atoms with E-state index in [1.807, 2.05) is 18.0 Å². The average Bonchev–Trinajstić information content (AvgIpc) is 2.43. The van der Waals surface area contributed by atoms with E-state index in [1.54, 1.807) is 12.4 Å². The second kappa shape index (κ2) is 4.03. The highest BCUT2D eigenvalue weighted by atomic mass is 15.5. The molecule has 1 heterocycles. The summed E-state index contributed by atoms with van der Waals surface area (Å²) in [4.78, 5) is 4.26. The van der Waals surface area contributed by atoms with Crippen LogP contribution >= 0.6 is 0 Å². The Labute approximate surface area is 79.2 Å². The molecular weight excluding hydrogens is 162 g/mol. The van der Waals surface area contributed by atoms with E-state index in [0.29, 0.717) is 6.04 Å². The van der Waals surface area contributed by atoms with Crippen LogP contribution in [0.15, 0.2) is 34.5 Å². The maximum Gasteiger partial charge on any atom is 0.157 e. The van der Waals surface area contributed by atoms with Gasteiger partial charge in [-0.25, -0.2) is 10.0 Å². The van der Waals surface area contributed by atoms with Gasteiger partial charge in [0.05, 0.1) is 6.21 Å². The first kappa shape index (κ1) is 9.71. The fraction of sp³-hybridized carbons (Fsp3) is 0.400. The van der Waals surface area contributed by atoms with E-state index in [9.17, 15) is 0 Å². The molecule has 3 heteroatoms. The Hall–Kier alpha value is -1.38. The minimum atomic E-state index is 0.319. The third-order valence-electron chi connectivity index (χ3n) is 1.68. The Kier molecular flexibility index (Phi) is 3.01. The number of amidine groups is 1. The molecule has 0 aliphatic carbocycles. The molecule has 0 saturated heterocycles. The predicted octanol–water partition coefficient (Wildman–Crippen LogP) is 2.18. The van der Waals surface area contributed by atoms with Crippen molar-refractivity contribution in [3.8, 4) is 0 Å². The molecule has 0 aromatic heterocycles. The molecule has 0 saturated carbocycles. The molecule has 13 heavy (non-hydrogen) atoms. The molecule has 70 valence electrons. The number of hydrazone groups is 1. The molecule has 0 atom stereocenters. The smallest absolute Gasteiger partial charge is 0.157 e. The van der Waals surface area contributed by atoms with Crippen molar-refractivity contribution in [3.63, 3.8) is 0 Å². The van der Waals surface area contributed by atoms with Crippen molar-refractivity contribution < 1.29 is 0 Å².